The van der Waals surface area contributed by atoms with Gasteiger partial charge in [0, 0.05) is 11.1 Å². The average molecular weight is 613 g/mol. The van der Waals surface area contributed by atoms with Gasteiger partial charge < -0.3 is 5.32 Å². The number of amidine groups is 1. The second-order valence-electron chi connectivity index (χ2n) is 12.4. The van der Waals surface area contributed by atoms with Crippen LogP contribution in [0, 0.1) is 0 Å². The monoisotopic (exact) mass is 612 g/mol. The molecule has 0 amide bonds. The summed E-state index contributed by atoms with van der Waals surface area (Å²) in [5.41, 5.74) is 9.14. The zero-order chi connectivity index (χ0) is 31.9. The zero-order valence-corrected chi connectivity index (χ0v) is 26.3. The van der Waals surface area contributed by atoms with E-state index >= 15 is 0 Å². The van der Waals surface area contributed by atoms with Crippen molar-refractivity contribution in [3.05, 3.63) is 199 Å². The molecule has 1 aliphatic heterocycles. The molecule has 0 spiro atoms. The fourth-order valence-electron chi connectivity index (χ4n) is 7.17. The molecule has 2 heteroatoms. The Kier molecular flexibility index (Phi) is 6.91. The number of nitrogens with one attached hydrogen (secondary N) is 1. The molecule has 0 bridgehead atoms. The summed E-state index contributed by atoms with van der Waals surface area (Å²) in [6.45, 7) is 0. The van der Waals surface area contributed by atoms with Gasteiger partial charge in [0.15, 0.2) is 0 Å². The first-order valence-electron chi connectivity index (χ1n) is 16.5. The Morgan fingerprint density at radius 2 is 1.04 bits per heavy atom. The zero-order valence-electron chi connectivity index (χ0n) is 26.3. The molecule has 226 valence electrons. The van der Waals surface area contributed by atoms with Crippen LogP contribution in [0.3, 0.4) is 0 Å². The third-order valence-corrected chi connectivity index (χ3v) is 9.50. The van der Waals surface area contributed by atoms with Crippen LogP contribution in [0.25, 0.3) is 60.3 Å². The highest BCUT2D eigenvalue weighted by Crippen LogP contribution is 2.39. The van der Waals surface area contributed by atoms with Gasteiger partial charge in [-0.3, -0.25) is 0 Å². The summed E-state index contributed by atoms with van der Waals surface area (Å²) in [4.78, 5) is 5.48. The maximum atomic E-state index is 5.48. The molecule has 0 aliphatic carbocycles. The summed E-state index contributed by atoms with van der Waals surface area (Å²) in [5.74, 6) is 0.881. The van der Waals surface area contributed by atoms with E-state index in [4.69, 9.17) is 4.99 Å². The van der Waals surface area contributed by atoms with Crippen LogP contribution in [-0.4, -0.2) is 5.84 Å². The SMILES string of the molecule is C1=C(c2ccc(-c3ccccc3)c(-c3ccccc3)c2)N=C(c2c3ccccc3cc3c2ccc2ccccc23)NC1c1ccccc1. The summed E-state index contributed by atoms with van der Waals surface area (Å²) < 4.78 is 0. The molecule has 0 aromatic heterocycles. The van der Waals surface area contributed by atoms with Crippen molar-refractivity contribution in [2.24, 2.45) is 4.99 Å². The Hall–Kier alpha value is -6.25. The van der Waals surface area contributed by atoms with Crippen molar-refractivity contribution in [3.63, 3.8) is 0 Å². The first-order valence-corrected chi connectivity index (χ1v) is 16.5. The molecule has 0 radical (unpaired) electrons. The topological polar surface area (TPSA) is 24.4 Å². The lowest BCUT2D eigenvalue weighted by Crippen LogP contribution is -2.31. The molecule has 48 heavy (non-hydrogen) atoms. The molecule has 9 rings (SSSR count). The highest BCUT2D eigenvalue weighted by atomic mass is 15.0. The number of nitrogens with zero attached hydrogens (tertiary/aromatic N) is 1. The van der Waals surface area contributed by atoms with Gasteiger partial charge in [0.1, 0.15) is 5.84 Å². The van der Waals surface area contributed by atoms with Gasteiger partial charge in [-0.25, -0.2) is 4.99 Å². The van der Waals surface area contributed by atoms with Crippen LogP contribution >= 0.6 is 0 Å². The van der Waals surface area contributed by atoms with Crippen molar-refractivity contribution in [2.45, 2.75) is 6.04 Å². The van der Waals surface area contributed by atoms with Crippen molar-refractivity contribution in [1.29, 1.82) is 0 Å². The molecular weight excluding hydrogens is 581 g/mol. The maximum Gasteiger partial charge on any atom is 0.135 e. The Balaban J connectivity index is 1.29. The molecule has 1 atom stereocenters. The molecule has 0 fully saturated rings. The number of aliphatic imine (C=N–C) groups is 1. The number of hydrogen-bond donors (Lipinski definition) is 1. The molecule has 1 heterocycles. The fraction of sp³-hybridized carbons (Fsp3) is 0.0217. The van der Waals surface area contributed by atoms with Gasteiger partial charge in [-0.1, -0.05) is 164 Å². The van der Waals surface area contributed by atoms with E-state index < -0.39 is 0 Å². The Morgan fingerprint density at radius 1 is 0.417 bits per heavy atom. The molecule has 1 aliphatic rings. The van der Waals surface area contributed by atoms with E-state index in [1.165, 1.54) is 60.1 Å². The normalized spacial score (nSPS) is 14.5. The van der Waals surface area contributed by atoms with Crippen LogP contribution in [-0.2, 0) is 0 Å². The number of benzene rings is 8. The standard InChI is InChI=1S/C46H32N2/c1-4-14-31(15-5-1)38-26-25-36(29-41(38)32-16-6-2-7-17-32)44-30-43(34-19-8-3-9-20-34)47-46(48-44)45-39-23-13-11-21-35(39)28-42-37-22-12-10-18-33(37)24-27-40(42)45/h1-30,43H,(H,47,48). The maximum absolute atomic E-state index is 5.48. The lowest BCUT2D eigenvalue weighted by atomic mass is 9.90. The van der Waals surface area contributed by atoms with E-state index in [1.54, 1.807) is 0 Å². The van der Waals surface area contributed by atoms with Gasteiger partial charge >= 0.3 is 0 Å². The summed E-state index contributed by atoms with van der Waals surface area (Å²) in [7, 11) is 0. The van der Waals surface area contributed by atoms with Gasteiger partial charge in [0.2, 0.25) is 0 Å². The van der Waals surface area contributed by atoms with Crippen molar-refractivity contribution in [3.8, 4) is 22.3 Å². The van der Waals surface area contributed by atoms with Crippen molar-refractivity contribution < 1.29 is 0 Å². The highest BCUT2D eigenvalue weighted by molar-refractivity contribution is 6.25. The van der Waals surface area contributed by atoms with Crippen LogP contribution in [0.4, 0.5) is 0 Å². The van der Waals surface area contributed by atoms with Gasteiger partial charge in [-0.15, -0.1) is 0 Å². The highest BCUT2D eigenvalue weighted by Gasteiger charge is 2.24. The van der Waals surface area contributed by atoms with Crippen LogP contribution in [0.1, 0.15) is 22.7 Å². The third-order valence-electron chi connectivity index (χ3n) is 9.50. The fourth-order valence-corrected chi connectivity index (χ4v) is 7.17. The van der Waals surface area contributed by atoms with Gasteiger partial charge in [0.05, 0.1) is 11.7 Å². The molecule has 1 N–H and O–H groups in total. The van der Waals surface area contributed by atoms with Gasteiger partial charge in [-0.2, -0.15) is 0 Å². The van der Waals surface area contributed by atoms with Crippen LogP contribution in [0.15, 0.2) is 187 Å². The molecule has 0 saturated heterocycles. The van der Waals surface area contributed by atoms with E-state index in [9.17, 15) is 0 Å². The first kappa shape index (κ1) is 28.0. The van der Waals surface area contributed by atoms with Gasteiger partial charge in [0.25, 0.3) is 0 Å². The van der Waals surface area contributed by atoms with E-state index in [1.807, 2.05) is 0 Å². The first-order chi connectivity index (χ1) is 23.8. The van der Waals surface area contributed by atoms with Gasteiger partial charge in [-0.05, 0) is 78.3 Å². The van der Waals surface area contributed by atoms with Crippen molar-refractivity contribution >= 4 is 43.9 Å². The largest absolute Gasteiger partial charge is 0.359 e. The molecule has 1 unspecified atom stereocenters. The summed E-state index contributed by atoms with van der Waals surface area (Å²) in [6.07, 6.45) is 2.27. The van der Waals surface area contributed by atoms with Crippen LogP contribution < -0.4 is 5.32 Å². The third kappa shape index (κ3) is 4.96. The Labute approximate surface area is 280 Å². The molecule has 8 aromatic carbocycles. The predicted octanol–water partition coefficient (Wildman–Crippen LogP) is 11.6. The van der Waals surface area contributed by atoms with Crippen molar-refractivity contribution in [1.82, 2.24) is 5.32 Å². The second-order valence-corrected chi connectivity index (χ2v) is 12.4. The van der Waals surface area contributed by atoms with E-state index in [2.05, 4.69) is 187 Å². The quantitative estimate of drug-likeness (QED) is 0.152. The number of fused-ring (bicyclic) bond motifs is 4. The lowest BCUT2D eigenvalue weighted by Gasteiger charge is -2.26. The van der Waals surface area contributed by atoms with Crippen molar-refractivity contribution in [2.75, 3.05) is 0 Å². The minimum absolute atomic E-state index is 0.0582. The van der Waals surface area contributed by atoms with Crippen LogP contribution in [0.2, 0.25) is 0 Å². The Morgan fingerprint density at radius 3 is 1.79 bits per heavy atom. The van der Waals surface area contributed by atoms with E-state index in [0.717, 1.165) is 22.7 Å². The molecular formula is C46H32N2. The summed E-state index contributed by atoms with van der Waals surface area (Å²) in [6, 6.07) is 62.9. The molecule has 2 nitrogen and oxygen atoms in total. The molecule has 0 saturated carbocycles. The number of hydrogen-bond acceptors (Lipinski definition) is 2. The second kappa shape index (κ2) is 11.8. The molecule has 8 aromatic rings. The lowest BCUT2D eigenvalue weighted by molar-refractivity contribution is 0.782. The summed E-state index contributed by atoms with van der Waals surface area (Å²) in [5, 5.41) is 11.2. The Bertz CT molecular complexity index is 2510. The number of rotatable bonds is 5. The van der Waals surface area contributed by atoms with E-state index in [-0.39, 0.29) is 6.04 Å². The predicted molar refractivity (Wildman–Crippen MR) is 203 cm³/mol. The minimum Gasteiger partial charge on any atom is -0.359 e. The smallest absolute Gasteiger partial charge is 0.135 e. The van der Waals surface area contributed by atoms with Crippen LogP contribution in [0.5, 0.6) is 0 Å². The minimum atomic E-state index is -0.0582. The average Bonchev–Trinajstić information content (AvgIpc) is 3.17. The summed E-state index contributed by atoms with van der Waals surface area (Å²) >= 11 is 0. The van der Waals surface area contributed by atoms with E-state index in [0.29, 0.717) is 0 Å².